The number of para-hydroxylation sites is 2. The molecule has 0 fully saturated rings. The van der Waals surface area contributed by atoms with Gasteiger partial charge in [-0.1, -0.05) is 12.1 Å². The number of ether oxygens (including phenoxy) is 2. The van der Waals surface area contributed by atoms with E-state index < -0.39 is 0 Å². The van der Waals surface area contributed by atoms with Gasteiger partial charge in [0.2, 0.25) is 5.96 Å². The van der Waals surface area contributed by atoms with Crippen LogP contribution in [0, 0.1) is 0 Å². The van der Waals surface area contributed by atoms with Crippen molar-refractivity contribution in [1.82, 2.24) is 14.5 Å². The standard InChI is InChI=1S/C19H17N5O2/c1-25-15-8-7-12-16(17(15)26-2)22-19(23-10-9-20-18(12)23)24-11-21-13-5-3-4-6-14(13)24/h3-8,11H,9-10H2,1-2H3. The van der Waals surface area contributed by atoms with E-state index in [9.17, 15) is 0 Å². The number of aromatic nitrogens is 2. The molecule has 2 aromatic carbocycles. The molecule has 5 rings (SSSR count). The van der Waals surface area contributed by atoms with Gasteiger partial charge in [0.1, 0.15) is 17.9 Å². The first kappa shape index (κ1) is 14.9. The van der Waals surface area contributed by atoms with Crippen LogP contribution >= 0.6 is 0 Å². The number of aliphatic imine (C=N–C) groups is 2. The van der Waals surface area contributed by atoms with Crippen molar-refractivity contribution >= 4 is 28.5 Å². The Labute approximate surface area is 150 Å². The number of imidazole rings is 1. The molecule has 2 aliphatic heterocycles. The molecular formula is C19H17N5O2. The maximum absolute atomic E-state index is 5.61. The van der Waals surface area contributed by atoms with Crippen LogP contribution in [0.2, 0.25) is 0 Å². The van der Waals surface area contributed by atoms with Gasteiger partial charge in [-0.15, -0.1) is 0 Å². The Morgan fingerprint density at radius 2 is 1.92 bits per heavy atom. The molecule has 0 N–H and O–H groups in total. The normalized spacial score (nSPS) is 15.4. The Morgan fingerprint density at radius 1 is 1.04 bits per heavy atom. The minimum atomic E-state index is 0.612. The highest BCUT2D eigenvalue weighted by atomic mass is 16.5. The van der Waals surface area contributed by atoms with Gasteiger partial charge in [-0.05, 0) is 24.3 Å². The second-order valence-corrected chi connectivity index (χ2v) is 6.07. The molecule has 3 aromatic rings. The molecule has 2 aliphatic rings. The molecule has 26 heavy (non-hydrogen) atoms. The number of hydrogen-bond donors (Lipinski definition) is 0. The number of benzene rings is 2. The molecule has 0 saturated heterocycles. The molecular weight excluding hydrogens is 330 g/mol. The van der Waals surface area contributed by atoms with Gasteiger partial charge >= 0.3 is 0 Å². The summed E-state index contributed by atoms with van der Waals surface area (Å²) in [6.45, 7) is 1.52. The molecule has 0 saturated carbocycles. The van der Waals surface area contributed by atoms with Crippen LogP contribution in [0.25, 0.3) is 11.0 Å². The van der Waals surface area contributed by atoms with Crippen molar-refractivity contribution in [2.24, 2.45) is 9.98 Å². The average molecular weight is 347 g/mol. The van der Waals surface area contributed by atoms with E-state index in [2.05, 4.69) is 9.88 Å². The highest BCUT2D eigenvalue weighted by molar-refractivity contribution is 6.18. The van der Waals surface area contributed by atoms with Crippen molar-refractivity contribution in [3.05, 3.63) is 48.3 Å². The highest BCUT2D eigenvalue weighted by Crippen LogP contribution is 2.43. The maximum Gasteiger partial charge on any atom is 0.217 e. The summed E-state index contributed by atoms with van der Waals surface area (Å²) in [6.07, 6.45) is 1.80. The zero-order valence-electron chi connectivity index (χ0n) is 14.5. The Kier molecular flexibility index (Phi) is 3.21. The summed E-state index contributed by atoms with van der Waals surface area (Å²) < 4.78 is 13.0. The third kappa shape index (κ3) is 1.97. The molecule has 7 heteroatoms. The van der Waals surface area contributed by atoms with Crippen molar-refractivity contribution in [2.45, 2.75) is 0 Å². The molecule has 3 heterocycles. The third-order valence-electron chi connectivity index (χ3n) is 4.72. The topological polar surface area (TPSA) is 64.2 Å². The fraction of sp³-hybridized carbons (Fsp3) is 0.211. The molecule has 0 amide bonds. The van der Waals surface area contributed by atoms with Crippen molar-refractivity contribution in [3.63, 3.8) is 0 Å². The summed E-state index contributed by atoms with van der Waals surface area (Å²) in [5.74, 6) is 2.94. The predicted octanol–water partition coefficient (Wildman–Crippen LogP) is 2.67. The summed E-state index contributed by atoms with van der Waals surface area (Å²) >= 11 is 0. The zero-order valence-corrected chi connectivity index (χ0v) is 14.5. The fourth-order valence-electron chi connectivity index (χ4n) is 3.54. The average Bonchev–Trinajstić information content (AvgIpc) is 3.33. The Bertz CT molecular complexity index is 1080. The van der Waals surface area contributed by atoms with Crippen LogP contribution < -0.4 is 9.47 Å². The van der Waals surface area contributed by atoms with E-state index in [-0.39, 0.29) is 0 Å². The Morgan fingerprint density at radius 3 is 2.77 bits per heavy atom. The van der Waals surface area contributed by atoms with E-state index in [4.69, 9.17) is 19.5 Å². The van der Waals surface area contributed by atoms with Crippen molar-refractivity contribution in [1.29, 1.82) is 0 Å². The lowest BCUT2D eigenvalue weighted by atomic mass is 10.1. The van der Waals surface area contributed by atoms with Crippen LogP contribution in [-0.4, -0.2) is 53.6 Å². The summed E-state index contributed by atoms with van der Waals surface area (Å²) in [5, 5.41) is 0. The lowest BCUT2D eigenvalue weighted by Crippen LogP contribution is -2.41. The molecule has 0 spiro atoms. The van der Waals surface area contributed by atoms with E-state index in [1.807, 2.05) is 41.0 Å². The number of hydrogen-bond acceptors (Lipinski definition) is 6. The third-order valence-corrected chi connectivity index (χ3v) is 4.72. The molecule has 130 valence electrons. The minimum Gasteiger partial charge on any atom is -0.493 e. The van der Waals surface area contributed by atoms with Gasteiger partial charge < -0.3 is 9.47 Å². The first-order valence-electron chi connectivity index (χ1n) is 8.40. The molecule has 7 nitrogen and oxygen atoms in total. The van der Waals surface area contributed by atoms with Crippen molar-refractivity contribution < 1.29 is 9.47 Å². The molecule has 1 aromatic heterocycles. The Hall–Kier alpha value is -3.35. The second-order valence-electron chi connectivity index (χ2n) is 6.07. The Balaban J connectivity index is 1.79. The van der Waals surface area contributed by atoms with Crippen LogP contribution in [-0.2, 0) is 0 Å². The molecule has 0 aliphatic carbocycles. The lowest BCUT2D eigenvalue weighted by Gasteiger charge is -2.29. The van der Waals surface area contributed by atoms with Crippen LogP contribution in [0.3, 0.4) is 0 Å². The van der Waals surface area contributed by atoms with Crippen LogP contribution in [0.4, 0.5) is 5.69 Å². The van der Waals surface area contributed by atoms with E-state index in [1.165, 1.54) is 0 Å². The van der Waals surface area contributed by atoms with Gasteiger partial charge in [-0.3, -0.25) is 14.5 Å². The minimum absolute atomic E-state index is 0.612. The van der Waals surface area contributed by atoms with Gasteiger partial charge in [0.25, 0.3) is 0 Å². The number of rotatable bonds is 2. The summed E-state index contributed by atoms with van der Waals surface area (Å²) in [7, 11) is 3.25. The maximum atomic E-state index is 5.61. The van der Waals surface area contributed by atoms with E-state index in [0.29, 0.717) is 11.5 Å². The first-order valence-corrected chi connectivity index (χ1v) is 8.40. The van der Waals surface area contributed by atoms with Crippen molar-refractivity contribution in [3.8, 4) is 11.5 Å². The van der Waals surface area contributed by atoms with E-state index >= 15 is 0 Å². The summed E-state index contributed by atoms with van der Waals surface area (Å²) in [6, 6.07) is 11.9. The second kappa shape index (κ2) is 5.59. The number of amidine groups is 1. The smallest absolute Gasteiger partial charge is 0.217 e. The number of methoxy groups -OCH3 is 2. The quantitative estimate of drug-likeness (QED) is 0.715. The summed E-state index contributed by atoms with van der Waals surface area (Å²) in [4.78, 5) is 16.3. The van der Waals surface area contributed by atoms with Gasteiger partial charge in [-0.25, -0.2) is 9.98 Å². The van der Waals surface area contributed by atoms with Crippen LogP contribution in [0.15, 0.2) is 52.7 Å². The number of fused-ring (bicyclic) bond motifs is 4. The molecule has 0 atom stereocenters. The predicted molar refractivity (Wildman–Crippen MR) is 99.9 cm³/mol. The largest absolute Gasteiger partial charge is 0.493 e. The van der Waals surface area contributed by atoms with Crippen molar-refractivity contribution in [2.75, 3.05) is 27.3 Å². The molecule has 0 radical (unpaired) electrons. The summed E-state index contributed by atoms with van der Waals surface area (Å²) in [5.41, 5.74) is 3.61. The fourth-order valence-corrected chi connectivity index (χ4v) is 3.54. The molecule has 0 bridgehead atoms. The van der Waals surface area contributed by atoms with Gasteiger partial charge in [0.15, 0.2) is 11.5 Å². The number of nitrogens with zero attached hydrogens (tertiary/aromatic N) is 5. The first-order chi connectivity index (χ1) is 12.8. The van der Waals surface area contributed by atoms with Gasteiger partial charge in [0, 0.05) is 12.1 Å². The van der Waals surface area contributed by atoms with Crippen LogP contribution in [0.1, 0.15) is 5.56 Å². The SMILES string of the molecule is COc1ccc2c(c1OC)N=C(n1cnc3ccccc31)N1CCN=C21. The zero-order chi connectivity index (χ0) is 17.7. The monoisotopic (exact) mass is 347 g/mol. The highest BCUT2D eigenvalue weighted by Gasteiger charge is 2.33. The van der Waals surface area contributed by atoms with Crippen LogP contribution in [0.5, 0.6) is 11.5 Å². The lowest BCUT2D eigenvalue weighted by molar-refractivity contribution is 0.355. The van der Waals surface area contributed by atoms with Gasteiger partial charge in [-0.2, -0.15) is 0 Å². The van der Waals surface area contributed by atoms with Gasteiger partial charge in [0.05, 0.1) is 31.8 Å². The van der Waals surface area contributed by atoms with E-state index in [1.54, 1.807) is 20.5 Å². The molecule has 0 unspecified atom stereocenters. The van der Waals surface area contributed by atoms with E-state index in [0.717, 1.165) is 47.2 Å².